The van der Waals surface area contributed by atoms with Crippen LogP contribution in [0.15, 0.2) is 6.33 Å². The molecule has 0 atom stereocenters. The predicted octanol–water partition coefficient (Wildman–Crippen LogP) is 2.68. The third kappa shape index (κ3) is 4.96. The molecule has 114 valence electrons. The largest absolute Gasteiger partial charge is 0.396 e. The minimum absolute atomic E-state index is 0.0434. The van der Waals surface area contributed by atoms with E-state index in [9.17, 15) is 0 Å². The summed E-state index contributed by atoms with van der Waals surface area (Å²) < 4.78 is 0. The lowest BCUT2D eigenvalue weighted by atomic mass is 9.90. The van der Waals surface area contributed by atoms with E-state index in [0.717, 1.165) is 49.6 Å². The van der Waals surface area contributed by atoms with Crippen LogP contribution in [0.1, 0.15) is 46.1 Å². The second kappa shape index (κ2) is 8.04. The van der Waals surface area contributed by atoms with Gasteiger partial charge < -0.3 is 15.7 Å². The van der Waals surface area contributed by atoms with E-state index in [0.29, 0.717) is 0 Å². The van der Waals surface area contributed by atoms with E-state index >= 15 is 0 Å². The molecule has 0 spiro atoms. The van der Waals surface area contributed by atoms with Gasteiger partial charge in [-0.3, -0.25) is 0 Å². The Balaban J connectivity index is 2.79. The zero-order valence-corrected chi connectivity index (χ0v) is 13.2. The van der Waals surface area contributed by atoms with Crippen LogP contribution in [0.25, 0.3) is 0 Å². The molecule has 0 aromatic carbocycles. The molecule has 1 rings (SSSR count). The van der Waals surface area contributed by atoms with Crippen molar-refractivity contribution in [2.75, 3.05) is 30.3 Å². The van der Waals surface area contributed by atoms with E-state index in [4.69, 9.17) is 5.11 Å². The highest BCUT2D eigenvalue weighted by Crippen LogP contribution is 2.24. The lowest BCUT2D eigenvalue weighted by Gasteiger charge is -2.25. The number of nitrogens with zero attached hydrogens (tertiary/aromatic N) is 2. The number of aliphatic hydroxyl groups excluding tert-OH is 1. The quantitative estimate of drug-likeness (QED) is 0.649. The molecule has 3 N–H and O–H groups in total. The molecule has 1 heterocycles. The van der Waals surface area contributed by atoms with Crippen LogP contribution in [0.4, 0.5) is 11.6 Å². The summed E-state index contributed by atoms with van der Waals surface area (Å²) in [5.74, 6) is 1.82. The number of hydrogen-bond acceptors (Lipinski definition) is 5. The van der Waals surface area contributed by atoms with Gasteiger partial charge in [0, 0.05) is 25.3 Å². The topological polar surface area (TPSA) is 70.1 Å². The fraction of sp³-hybridized carbons (Fsp3) is 0.733. The molecule has 0 saturated carbocycles. The van der Waals surface area contributed by atoms with Crippen molar-refractivity contribution in [3.63, 3.8) is 0 Å². The maximum absolute atomic E-state index is 9.08. The van der Waals surface area contributed by atoms with E-state index in [-0.39, 0.29) is 12.0 Å². The van der Waals surface area contributed by atoms with Crippen molar-refractivity contribution in [2.45, 2.75) is 47.0 Å². The highest BCUT2D eigenvalue weighted by molar-refractivity contribution is 5.57. The van der Waals surface area contributed by atoms with Crippen molar-refractivity contribution in [2.24, 2.45) is 5.41 Å². The molecule has 0 bridgehead atoms. The number of aliphatic hydroxyl groups is 1. The van der Waals surface area contributed by atoms with Gasteiger partial charge in [-0.15, -0.1) is 0 Å². The number of anilines is 2. The molecule has 0 aliphatic rings. The summed E-state index contributed by atoms with van der Waals surface area (Å²) in [7, 11) is 0. The van der Waals surface area contributed by atoms with Crippen LogP contribution < -0.4 is 10.6 Å². The fourth-order valence-electron chi connectivity index (χ4n) is 2.01. The average molecular weight is 280 g/mol. The van der Waals surface area contributed by atoms with Gasteiger partial charge in [0.15, 0.2) is 0 Å². The van der Waals surface area contributed by atoms with Gasteiger partial charge in [-0.05, 0) is 24.7 Å². The van der Waals surface area contributed by atoms with Crippen LogP contribution >= 0.6 is 0 Å². The minimum Gasteiger partial charge on any atom is -0.396 e. The molecule has 0 amide bonds. The molecule has 1 aromatic rings. The number of hydrogen-bond donors (Lipinski definition) is 3. The molecule has 0 aliphatic heterocycles. The Bertz CT molecular complexity index is 407. The SMILES string of the molecule is CCCNc1ncnc(NCC(C)(C)CCO)c1CC. The highest BCUT2D eigenvalue weighted by Gasteiger charge is 2.18. The molecule has 0 unspecified atom stereocenters. The zero-order chi connectivity index (χ0) is 15.0. The second-order valence-electron chi connectivity index (χ2n) is 5.82. The maximum Gasteiger partial charge on any atom is 0.134 e. The summed E-state index contributed by atoms with van der Waals surface area (Å²) in [6.07, 6.45) is 4.32. The van der Waals surface area contributed by atoms with E-state index in [1.807, 2.05) is 0 Å². The first-order chi connectivity index (χ1) is 9.54. The van der Waals surface area contributed by atoms with Gasteiger partial charge in [-0.1, -0.05) is 27.7 Å². The Hall–Kier alpha value is -1.36. The Morgan fingerprint density at radius 2 is 1.80 bits per heavy atom. The smallest absolute Gasteiger partial charge is 0.134 e. The molecule has 5 heteroatoms. The van der Waals surface area contributed by atoms with Crippen molar-refractivity contribution < 1.29 is 5.11 Å². The summed E-state index contributed by atoms with van der Waals surface area (Å²) in [6.45, 7) is 10.4. The van der Waals surface area contributed by atoms with E-state index < -0.39 is 0 Å². The van der Waals surface area contributed by atoms with Crippen molar-refractivity contribution in [1.29, 1.82) is 0 Å². The molecule has 5 nitrogen and oxygen atoms in total. The van der Waals surface area contributed by atoms with Crippen LogP contribution in [0, 0.1) is 5.41 Å². The van der Waals surface area contributed by atoms with Gasteiger partial charge in [0.1, 0.15) is 18.0 Å². The first-order valence-corrected chi connectivity index (χ1v) is 7.46. The molecule has 1 aromatic heterocycles. The Labute approximate surface area is 122 Å². The van der Waals surface area contributed by atoms with E-state index in [1.54, 1.807) is 6.33 Å². The maximum atomic E-state index is 9.08. The molecule has 0 fully saturated rings. The number of aromatic nitrogens is 2. The van der Waals surface area contributed by atoms with Crippen LogP contribution in [0.2, 0.25) is 0 Å². The summed E-state index contributed by atoms with van der Waals surface area (Å²) in [4.78, 5) is 8.68. The normalized spacial score (nSPS) is 11.4. The third-order valence-corrected chi connectivity index (χ3v) is 3.36. The first-order valence-electron chi connectivity index (χ1n) is 7.46. The minimum atomic E-state index is 0.0434. The van der Waals surface area contributed by atoms with Crippen LogP contribution in [-0.4, -0.2) is 34.8 Å². The van der Waals surface area contributed by atoms with Crippen molar-refractivity contribution in [1.82, 2.24) is 9.97 Å². The highest BCUT2D eigenvalue weighted by atomic mass is 16.3. The zero-order valence-electron chi connectivity index (χ0n) is 13.2. The lowest BCUT2D eigenvalue weighted by Crippen LogP contribution is -2.25. The van der Waals surface area contributed by atoms with Gasteiger partial charge >= 0.3 is 0 Å². The lowest BCUT2D eigenvalue weighted by molar-refractivity contribution is 0.220. The molecular weight excluding hydrogens is 252 g/mol. The predicted molar refractivity (Wildman–Crippen MR) is 84.2 cm³/mol. The Kier molecular flexibility index (Phi) is 6.71. The molecule has 0 aliphatic carbocycles. The average Bonchev–Trinajstić information content (AvgIpc) is 2.42. The van der Waals surface area contributed by atoms with Gasteiger partial charge in [0.25, 0.3) is 0 Å². The van der Waals surface area contributed by atoms with Crippen molar-refractivity contribution in [3.8, 4) is 0 Å². The van der Waals surface area contributed by atoms with Gasteiger partial charge in [-0.2, -0.15) is 0 Å². The van der Waals surface area contributed by atoms with E-state index in [2.05, 4.69) is 48.3 Å². The fourth-order valence-corrected chi connectivity index (χ4v) is 2.01. The monoisotopic (exact) mass is 280 g/mol. The van der Waals surface area contributed by atoms with E-state index in [1.165, 1.54) is 0 Å². The van der Waals surface area contributed by atoms with Crippen LogP contribution in [0.3, 0.4) is 0 Å². The van der Waals surface area contributed by atoms with Crippen LogP contribution in [0.5, 0.6) is 0 Å². The van der Waals surface area contributed by atoms with Crippen molar-refractivity contribution >= 4 is 11.6 Å². The second-order valence-corrected chi connectivity index (χ2v) is 5.82. The Morgan fingerprint density at radius 1 is 1.15 bits per heavy atom. The molecule has 0 radical (unpaired) electrons. The first kappa shape index (κ1) is 16.7. The van der Waals surface area contributed by atoms with Gasteiger partial charge in [-0.25, -0.2) is 9.97 Å². The molecule has 20 heavy (non-hydrogen) atoms. The van der Waals surface area contributed by atoms with Gasteiger partial charge in [0.2, 0.25) is 0 Å². The Morgan fingerprint density at radius 3 is 2.35 bits per heavy atom. The van der Waals surface area contributed by atoms with Gasteiger partial charge in [0.05, 0.1) is 0 Å². The summed E-state index contributed by atoms with van der Waals surface area (Å²) in [6, 6.07) is 0. The molecular formula is C15H28N4O. The van der Waals surface area contributed by atoms with Crippen molar-refractivity contribution in [3.05, 3.63) is 11.9 Å². The number of nitrogens with one attached hydrogen (secondary N) is 2. The third-order valence-electron chi connectivity index (χ3n) is 3.36. The summed E-state index contributed by atoms with van der Waals surface area (Å²) >= 11 is 0. The standard InChI is InChI=1S/C15H28N4O/c1-5-8-16-13-12(6-2)14(19-11-18-13)17-10-15(3,4)7-9-20/h11,20H,5-10H2,1-4H3,(H2,16,17,18,19). The summed E-state index contributed by atoms with van der Waals surface area (Å²) in [5, 5.41) is 15.8. The number of rotatable bonds is 9. The molecule has 0 saturated heterocycles. The summed E-state index contributed by atoms with van der Waals surface area (Å²) in [5.41, 5.74) is 1.17. The van der Waals surface area contributed by atoms with Crippen LogP contribution in [-0.2, 0) is 6.42 Å².